The molecule has 0 bridgehead atoms. The molecule has 3 aliphatic heterocycles. The fraction of sp³-hybridized carbons (Fsp3) is 0.722. The van der Waals surface area contributed by atoms with Gasteiger partial charge in [-0.3, -0.25) is 9.69 Å². The van der Waals surface area contributed by atoms with E-state index >= 15 is 0 Å². The molecule has 0 spiro atoms. The highest BCUT2D eigenvalue weighted by Gasteiger charge is 2.35. The van der Waals surface area contributed by atoms with E-state index in [1.54, 1.807) is 4.90 Å². The molecule has 1 unspecified atom stereocenters. The van der Waals surface area contributed by atoms with Gasteiger partial charge in [-0.25, -0.2) is 4.79 Å². The zero-order valence-corrected chi connectivity index (χ0v) is 28.9. The number of rotatable bonds is 5. The Kier molecular flexibility index (Phi) is 10.6. The highest BCUT2D eigenvalue weighted by atomic mass is 79.9. The van der Waals surface area contributed by atoms with Gasteiger partial charge in [0.25, 0.3) is 0 Å². The Balaban J connectivity index is 1.07. The third-order valence-corrected chi connectivity index (χ3v) is 11.5. The van der Waals surface area contributed by atoms with Gasteiger partial charge < -0.3 is 14.5 Å². The van der Waals surface area contributed by atoms with Crippen LogP contribution in [0.4, 0.5) is 4.79 Å². The number of piperidine rings is 3. The summed E-state index contributed by atoms with van der Waals surface area (Å²) < 4.78 is 6.86. The lowest BCUT2D eigenvalue weighted by Gasteiger charge is -2.42. The minimum Gasteiger partial charge on any atom is -0.444 e. The van der Waals surface area contributed by atoms with E-state index in [0.717, 1.165) is 83.0 Å². The van der Waals surface area contributed by atoms with Crippen molar-refractivity contribution in [2.45, 2.75) is 110 Å². The molecule has 6 nitrogen and oxygen atoms in total. The fourth-order valence-electron chi connectivity index (χ4n) is 7.87. The number of ether oxygens (including phenoxy) is 1. The number of carbonyl (C=O) groups is 2. The van der Waals surface area contributed by atoms with Crippen molar-refractivity contribution in [3.8, 4) is 0 Å². The zero-order valence-electron chi connectivity index (χ0n) is 27.3. The zero-order chi connectivity index (χ0) is 30.7. The summed E-state index contributed by atoms with van der Waals surface area (Å²) in [4.78, 5) is 32.2. The first-order valence-corrected chi connectivity index (χ1v) is 17.8. The Morgan fingerprint density at radius 1 is 0.884 bits per heavy atom. The summed E-state index contributed by atoms with van der Waals surface area (Å²) in [6.07, 6.45) is 12.9. The van der Waals surface area contributed by atoms with Gasteiger partial charge in [-0.15, -0.1) is 0 Å². The molecule has 5 rings (SSSR count). The molecule has 238 valence electrons. The molecule has 7 heteroatoms. The normalized spacial score (nSPS) is 23.5. The number of fused-ring (bicyclic) bond motifs is 1. The van der Waals surface area contributed by atoms with Crippen molar-refractivity contribution in [3.63, 3.8) is 0 Å². The predicted octanol–water partition coefficient (Wildman–Crippen LogP) is 7.93. The Bertz CT molecular complexity index is 1170. The second kappa shape index (κ2) is 14.1. The van der Waals surface area contributed by atoms with Crippen molar-refractivity contribution in [1.29, 1.82) is 0 Å². The number of halogens is 1. The summed E-state index contributed by atoms with van der Waals surface area (Å²) >= 11 is 3.97. The van der Waals surface area contributed by atoms with Gasteiger partial charge in [0.1, 0.15) is 5.60 Å². The number of aryl methyl sites for hydroxylation is 1. The summed E-state index contributed by atoms with van der Waals surface area (Å²) in [5.41, 5.74) is 5.48. The Morgan fingerprint density at radius 3 is 2.09 bits per heavy atom. The maximum Gasteiger partial charge on any atom is 0.410 e. The summed E-state index contributed by atoms with van der Waals surface area (Å²) in [5.74, 6) is 2.20. The summed E-state index contributed by atoms with van der Waals surface area (Å²) in [6, 6.07) is 5.12. The van der Waals surface area contributed by atoms with Crippen molar-refractivity contribution in [2.75, 3.05) is 39.3 Å². The van der Waals surface area contributed by atoms with E-state index in [-0.39, 0.29) is 6.09 Å². The first-order valence-electron chi connectivity index (χ1n) is 17.0. The molecule has 0 radical (unpaired) electrons. The SMILES string of the molecule is CCc1ccc2c(c1Br)CCC(C)=CC2N1CCC(C2CCN(C(=O)CC3CCN(C(=O)OC(C)(C)C)CC3)CC2)CC1. The molecule has 0 N–H and O–H groups in total. The smallest absolute Gasteiger partial charge is 0.410 e. The molecule has 2 amide bonds. The maximum atomic E-state index is 13.2. The first-order chi connectivity index (χ1) is 20.5. The van der Waals surface area contributed by atoms with Crippen LogP contribution in [-0.4, -0.2) is 71.6 Å². The van der Waals surface area contributed by atoms with Gasteiger partial charge in [0, 0.05) is 37.1 Å². The number of nitrogens with zero attached hydrogens (tertiary/aromatic N) is 3. The standard InChI is InChI=1S/C36H54BrN3O3/c1-6-27-8-10-30-31(34(27)37)9-7-25(2)23-32(30)38-19-13-28(14-20-38)29-15-21-39(22-16-29)33(41)24-26-11-17-40(18-12-26)35(42)43-36(3,4)5/h8,10,23,26,28-29,32H,6-7,9,11-22,24H2,1-5H3. The number of benzene rings is 1. The van der Waals surface area contributed by atoms with Gasteiger partial charge in [-0.1, -0.05) is 46.6 Å². The number of hydrogen-bond acceptors (Lipinski definition) is 4. The van der Waals surface area contributed by atoms with Crippen LogP contribution in [0.3, 0.4) is 0 Å². The second-order valence-electron chi connectivity index (χ2n) is 14.6. The van der Waals surface area contributed by atoms with Crippen LogP contribution < -0.4 is 0 Å². The van der Waals surface area contributed by atoms with E-state index in [2.05, 4.69) is 57.8 Å². The molecule has 3 saturated heterocycles. The van der Waals surface area contributed by atoms with Gasteiger partial charge >= 0.3 is 6.09 Å². The summed E-state index contributed by atoms with van der Waals surface area (Å²) in [7, 11) is 0. The predicted molar refractivity (Wildman–Crippen MR) is 177 cm³/mol. The van der Waals surface area contributed by atoms with Crippen molar-refractivity contribution >= 4 is 27.9 Å². The molecule has 1 atom stereocenters. The lowest BCUT2D eigenvalue weighted by Crippen LogP contribution is -2.45. The van der Waals surface area contributed by atoms with E-state index in [1.807, 2.05) is 20.8 Å². The third kappa shape index (κ3) is 8.06. The van der Waals surface area contributed by atoms with Crippen molar-refractivity contribution in [1.82, 2.24) is 14.7 Å². The van der Waals surface area contributed by atoms with Crippen molar-refractivity contribution in [3.05, 3.63) is 44.9 Å². The van der Waals surface area contributed by atoms with Crippen LogP contribution in [0.5, 0.6) is 0 Å². The van der Waals surface area contributed by atoms with Crippen LogP contribution in [-0.2, 0) is 22.4 Å². The highest BCUT2D eigenvalue weighted by Crippen LogP contribution is 2.40. The van der Waals surface area contributed by atoms with Gasteiger partial charge in [0.2, 0.25) is 5.91 Å². The maximum absolute atomic E-state index is 13.2. The topological polar surface area (TPSA) is 53.1 Å². The summed E-state index contributed by atoms with van der Waals surface area (Å²) in [6.45, 7) is 15.8. The van der Waals surface area contributed by atoms with Crippen LogP contribution in [0.2, 0.25) is 0 Å². The fourth-order valence-corrected chi connectivity index (χ4v) is 8.71. The molecule has 1 aliphatic carbocycles. The van der Waals surface area contributed by atoms with Gasteiger partial charge in [-0.05, 0) is 133 Å². The molecule has 3 heterocycles. The summed E-state index contributed by atoms with van der Waals surface area (Å²) in [5, 5.41) is 0. The average molecular weight is 657 g/mol. The average Bonchev–Trinajstić information content (AvgIpc) is 3.16. The quantitative estimate of drug-likeness (QED) is 0.302. The number of amides is 2. The Hall–Kier alpha value is -1.86. The van der Waals surface area contributed by atoms with Crippen LogP contribution in [0, 0.1) is 17.8 Å². The molecule has 4 aliphatic rings. The van der Waals surface area contributed by atoms with Gasteiger partial charge in [0.05, 0.1) is 6.04 Å². The van der Waals surface area contributed by atoms with Crippen LogP contribution in [0.1, 0.15) is 109 Å². The molecule has 0 saturated carbocycles. The largest absolute Gasteiger partial charge is 0.444 e. The number of likely N-dealkylation sites (tertiary alicyclic amines) is 3. The number of carbonyl (C=O) groups excluding carboxylic acids is 2. The Labute approximate surface area is 268 Å². The van der Waals surface area contributed by atoms with E-state index in [9.17, 15) is 9.59 Å². The lowest BCUT2D eigenvalue weighted by molar-refractivity contribution is -0.134. The van der Waals surface area contributed by atoms with E-state index in [1.165, 1.54) is 39.6 Å². The van der Waals surface area contributed by atoms with E-state index < -0.39 is 5.60 Å². The van der Waals surface area contributed by atoms with Crippen molar-refractivity contribution < 1.29 is 14.3 Å². The molecule has 0 aromatic heterocycles. The molecule has 43 heavy (non-hydrogen) atoms. The second-order valence-corrected chi connectivity index (χ2v) is 15.4. The van der Waals surface area contributed by atoms with E-state index in [4.69, 9.17) is 4.74 Å². The lowest BCUT2D eigenvalue weighted by atomic mass is 9.78. The molecular formula is C36H54BrN3O3. The number of allylic oxidation sites excluding steroid dienone is 1. The Morgan fingerprint density at radius 2 is 1.49 bits per heavy atom. The third-order valence-electron chi connectivity index (χ3n) is 10.5. The monoisotopic (exact) mass is 655 g/mol. The molecular weight excluding hydrogens is 602 g/mol. The van der Waals surface area contributed by atoms with Gasteiger partial charge in [-0.2, -0.15) is 0 Å². The van der Waals surface area contributed by atoms with Crippen LogP contribution >= 0.6 is 15.9 Å². The molecule has 3 fully saturated rings. The molecule has 1 aromatic carbocycles. The first kappa shape index (κ1) is 32.5. The van der Waals surface area contributed by atoms with Crippen LogP contribution in [0.15, 0.2) is 28.3 Å². The van der Waals surface area contributed by atoms with E-state index in [0.29, 0.717) is 37.4 Å². The highest BCUT2D eigenvalue weighted by molar-refractivity contribution is 9.10. The number of hydrogen-bond donors (Lipinski definition) is 0. The minimum atomic E-state index is -0.471. The van der Waals surface area contributed by atoms with Crippen molar-refractivity contribution in [2.24, 2.45) is 17.8 Å². The van der Waals surface area contributed by atoms with Crippen LogP contribution in [0.25, 0.3) is 0 Å². The van der Waals surface area contributed by atoms with Gasteiger partial charge in [0.15, 0.2) is 0 Å². The minimum absolute atomic E-state index is 0.227. The molecule has 1 aromatic rings.